The molecule has 13 heavy (non-hydrogen) atoms. The van der Waals surface area contributed by atoms with Gasteiger partial charge in [-0.1, -0.05) is 26.8 Å². The molecule has 0 N–H and O–H groups in total. The predicted octanol–water partition coefficient (Wildman–Crippen LogP) is 3.85. The average Bonchev–Trinajstić information content (AvgIpc) is 1.78. The van der Waals surface area contributed by atoms with Crippen LogP contribution in [0.25, 0.3) is 0 Å². The second-order valence-electron chi connectivity index (χ2n) is 5.68. The van der Waals surface area contributed by atoms with Crippen LogP contribution >= 0.6 is 0 Å². The number of hydrogen-bond donors (Lipinski definition) is 0. The highest BCUT2D eigenvalue weighted by Crippen LogP contribution is 2.17. The van der Waals surface area contributed by atoms with E-state index in [0.717, 1.165) is 0 Å². The first kappa shape index (κ1) is 12.4. The summed E-state index contributed by atoms with van der Waals surface area (Å²) in [6, 6.07) is 0. The Morgan fingerprint density at radius 1 is 1.00 bits per heavy atom. The fraction of sp³-hybridized carbons (Fsp3) is 0.750. The van der Waals surface area contributed by atoms with E-state index in [1.54, 1.807) is 0 Å². The molecule has 0 spiro atoms. The zero-order chi connectivity index (χ0) is 10.7. The molecule has 0 aromatic heterocycles. The molecule has 0 aliphatic carbocycles. The highest BCUT2D eigenvalue weighted by molar-refractivity contribution is 5.78. The maximum atomic E-state index is 4.45. The minimum absolute atomic E-state index is 0.0347. The SMILES string of the molecule is C/C(C=NC(C)(C)C)=C/C(C)(C)C. The van der Waals surface area contributed by atoms with Crippen molar-refractivity contribution < 1.29 is 0 Å². The molecule has 0 aromatic rings. The largest absolute Gasteiger partial charge is 0.287 e. The van der Waals surface area contributed by atoms with E-state index in [4.69, 9.17) is 0 Å². The monoisotopic (exact) mass is 181 g/mol. The zero-order valence-corrected chi connectivity index (χ0v) is 10.1. The molecule has 0 rings (SSSR count). The molecule has 0 unspecified atom stereocenters. The Bertz CT molecular complexity index is 208. The van der Waals surface area contributed by atoms with Crippen molar-refractivity contribution in [3.63, 3.8) is 0 Å². The summed E-state index contributed by atoms with van der Waals surface area (Å²) in [5, 5.41) is 0. The Hall–Kier alpha value is -0.590. The summed E-state index contributed by atoms with van der Waals surface area (Å²) in [6.07, 6.45) is 4.20. The van der Waals surface area contributed by atoms with Crippen molar-refractivity contribution in [2.24, 2.45) is 10.4 Å². The molecule has 0 amide bonds. The van der Waals surface area contributed by atoms with Crippen LogP contribution in [0.2, 0.25) is 0 Å². The molecule has 0 radical (unpaired) electrons. The van der Waals surface area contributed by atoms with Crippen LogP contribution in [0, 0.1) is 5.41 Å². The lowest BCUT2D eigenvalue weighted by molar-refractivity contribution is 0.541. The van der Waals surface area contributed by atoms with Crippen LogP contribution in [-0.4, -0.2) is 11.8 Å². The fourth-order valence-corrected chi connectivity index (χ4v) is 1.02. The maximum Gasteiger partial charge on any atom is 0.0524 e. The standard InChI is InChI=1S/C12H23N/c1-10(8-11(2,3)4)9-13-12(5,6)7/h8-9H,1-7H3/b10-8-,13-9?. The number of rotatable bonds is 1. The van der Waals surface area contributed by atoms with Crippen molar-refractivity contribution in [3.05, 3.63) is 11.6 Å². The van der Waals surface area contributed by atoms with Crippen LogP contribution in [0.5, 0.6) is 0 Å². The maximum absolute atomic E-state index is 4.45. The van der Waals surface area contributed by atoms with Gasteiger partial charge in [-0.05, 0) is 38.7 Å². The van der Waals surface area contributed by atoms with Crippen LogP contribution in [0.3, 0.4) is 0 Å². The van der Waals surface area contributed by atoms with E-state index in [-0.39, 0.29) is 11.0 Å². The molecule has 1 heteroatoms. The molecule has 0 heterocycles. The van der Waals surface area contributed by atoms with Gasteiger partial charge in [0, 0.05) is 6.21 Å². The third-order valence-electron chi connectivity index (χ3n) is 1.32. The molecule has 0 saturated carbocycles. The number of nitrogens with zero attached hydrogens (tertiary/aromatic N) is 1. The Labute approximate surface area is 83.0 Å². The second-order valence-corrected chi connectivity index (χ2v) is 5.68. The van der Waals surface area contributed by atoms with Gasteiger partial charge in [-0.3, -0.25) is 4.99 Å². The number of hydrogen-bond acceptors (Lipinski definition) is 1. The first-order chi connectivity index (χ1) is 5.60. The molecule has 0 fully saturated rings. The van der Waals surface area contributed by atoms with E-state index in [0.29, 0.717) is 0 Å². The van der Waals surface area contributed by atoms with Crippen LogP contribution in [-0.2, 0) is 0 Å². The fourth-order valence-electron chi connectivity index (χ4n) is 1.02. The lowest BCUT2D eigenvalue weighted by atomic mass is 9.94. The van der Waals surface area contributed by atoms with Gasteiger partial charge in [-0.15, -0.1) is 0 Å². The van der Waals surface area contributed by atoms with Gasteiger partial charge in [0.05, 0.1) is 5.54 Å². The number of allylic oxidation sites excluding steroid dienone is 2. The summed E-state index contributed by atoms with van der Waals surface area (Å²) in [4.78, 5) is 4.45. The first-order valence-electron chi connectivity index (χ1n) is 4.85. The Morgan fingerprint density at radius 2 is 1.46 bits per heavy atom. The summed E-state index contributed by atoms with van der Waals surface area (Å²) < 4.78 is 0. The van der Waals surface area contributed by atoms with Gasteiger partial charge in [-0.25, -0.2) is 0 Å². The molecular formula is C12H23N. The molecule has 0 aliphatic heterocycles. The highest BCUT2D eigenvalue weighted by atomic mass is 14.8. The lowest BCUT2D eigenvalue weighted by Gasteiger charge is -2.14. The minimum atomic E-state index is 0.0347. The summed E-state index contributed by atoms with van der Waals surface area (Å²) in [5.74, 6) is 0. The Kier molecular flexibility index (Phi) is 3.89. The van der Waals surface area contributed by atoms with E-state index in [9.17, 15) is 0 Å². The van der Waals surface area contributed by atoms with E-state index in [1.807, 2.05) is 6.21 Å². The third-order valence-corrected chi connectivity index (χ3v) is 1.32. The Morgan fingerprint density at radius 3 is 1.77 bits per heavy atom. The van der Waals surface area contributed by atoms with E-state index in [2.05, 4.69) is 59.5 Å². The van der Waals surface area contributed by atoms with Crippen molar-refractivity contribution in [1.29, 1.82) is 0 Å². The smallest absolute Gasteiger partial charge is 0.0524 e. The normalized spacial score (nSPS) is 15.5. The second kappa shape index (κ2) is 4.08. The molecule has 0 bridgehead atoms. The minimum Gasteiger partial charge on any atom is -0.287 e. The van der Waals surface area contributed by atoms with Gasteiger partial charge in [0.25, 0.3) is 0 Å². The van der Waals surface area contributed by atoms with E-state index >= 15 is 0 Å². The zero-order valence-electron chi connectivity index (χ0n) is 10.1. The van der Waals surface area contributed by atoms with Crippen molar-refractivity contribution >= 4 is 6.21 Å². The van der Waals surface area contributed by atoms with Gasteiger partial charge >= 0.3 is 0 Å². The molecular weight excluding hydrogens is 158 g/mol. The average molecular weight is 181 g/mol. The molecule has 0 atom stereocenters. The van der Waals surface area contributed by atoms with Crippen LogP contribution < -0.4 is 0 Å². The summed E-state index contributed by atoms with van der Waals surface area (Å²) in [5.41, 5.74) is 1.52. The third kappa shape index (κ3) is 9.32. The van der Waals surface area contributed by atoms with Crippen molar-refractivity contribution in [2.75, 3.05) is 0 Å². The summed E-state index contributed by atoms with van der Waals surface area (Å²) in [6.45, 7) is 15.0. The van der Waals surface area contributed by atoms with E-state index < -0.39 is 0 Å². The molecule has 0 aliphatic rings. The van der Waals surface area contributed by atoms with Crippen LogP contribution in [0.4, 0.5) is 0 Å². The quantitative estimate of drug-likeness (QED) is 0.545. The summed E-state index contributed by atoms with van der Waals surface area (Å²) >= 11 is 0. The highest BCUT2D eigenvalue weighted by Gasteiger charge is 2.07. The Balaban J connectivity index is 4.40. The molecule has 0 aromatic carbocycles. The van der Waals surface area contributed by atoms with Crippen LogP contribution in [0.15, 0.2) is 16.6 Å². The molecule has 76 valence electrons. The van der Waals surface area contributed by atoms with Crippen molar-refractivity contribution in [3.8, 4) is 0 Å². The van der Waals surface area contributed by atoms with Gasteiger partial charge in [0.1, 0.15) is 0 Å². The van der Waals surface area contributed by atoms with Crippen molar-refractivity contribution in [1.82, 2.24) is 0 Å². The first-order valence-corrected chi connectivity index (χ1v) is 4.85. The molecule has 0 saturated heterocycles. The van der Waals surface area contributed by atoms with Gasteiger partial charge in [0.2, 0.25) is 0 Å². The predicted molar refractivity (Wildman–Crippen MR) is 61.5 cm³/mol. The van der Waals surface area contributed by atoms with Gasteiger partial charge in [-0.2, -0.15) is 0 Å². The lowest BCUT2D eigenvalue weighted by Crippen LogP contribution is -2.10. The molecule has 1 nitrogen and oxygen atoms in total. The summed E-state index contributed by atoms with van der Waals surface area (Å²) in [7, 11) is 0. The van der Waals surface area contributed by atoms with Gasteiger partial charge in [0.15, 0.2) is 0 Å². The number of aliphatic imine (C=N–C) groups is 1. The topological polar surface area (TPSA) is 12.4 Å². The van der Waals surface area contributed by atoms with Crippen molar-refractivity contribution in [2.45, 2.75) is 54.0 Å². The van der Waals surface area contributed by atoms with Gasteiger partial charge < -0.3 is 0 Å². The van der Waals surface area contributed by atoms with E-state index in [1.165, 1.54) is 5.57 Å². The van der Waals surface area contributed by atoms with Crippen LogP contribution in [0.1, 0.15) is 48.5 Å².